The first-order chi connectivity index (χ1) is 6.52. The van der Waals surface area contributed by atoms with E-state index < -0.39 is 6.04 Å². The fraction of sp³-hybridized carbons (Fsp3) is 0.800. The Balaban J connectivity index is 4.37. The highest BCUT2D eigenvalue weighted by Crippen LogP contribution is 2.09. The quantitative estimate of drug-likeness (QED) is 0.678. The molecule has 0 saturated carbocycles. The predicted molar refractivity (Wildman–Crippen MR) is 53.7 cm³/mol. The molecule has 0 rings (SSSR count). The van der Waals surface area contributed by atoms with Crippen LogP contribution in [0.5, 0.6) is 0 Å². The van der Waals surface area contributed by atoms with Gasteiger partial charge in [0.2, 0.25) is 5.91 Å². The van der Waals surface area contributed by atoms with Gasteiger partial charge in [0.05, 0.1) is 6.61 Å². The van der Waals surface area contributed by atoms with E-state index in [1.165, 1.54) is 6.92 Å². The SMILES string of the molecule is CCOC(=O)[C@@H](NC(C)=O)[C@H](C)CC. The van der Waals surface area contributed by atoms with E-state index in [0.717, 1.165) is 6.42 Å². The first kappa shape index (κ1) is 12.9. The Morgan fingerprint density at radius 3 is 2.29 bits per heavy atom. The minimum Gasteiger partial charge on any atom is -0.464 e. The molecule has 14 heavy (non-hydrogen) atoms. The molecule has 0 aliphatic heterocycles. The van der Waals surface area contributed by atoms with Crippen molar-refractivity contribution in [3.8, 4) is 0 Å². The molecule has 0 unspecified atom stereocenters. The van der Waals surface area contributed by atoms with E-state index in [0.29, 0.717) is 6.61 Å². The Morgan fingerprint density at radius 2 is 1.93 bits per heavy atom. The highest BCUT2D eigenvalue weighted by atomic mass is 16.5. The molecule has 0 fully saturated rings. The lowest BCUT2D eigenvalue weighted by Gasteiger charge is -2.21. The van der Waals surface area contributed by atoms with Crippen LogP contribution in [-0.2, 0) is 14.3 Å². The molecule has 0 aliphatic rings. The van der Waals surface area contributed by atoms with E-state index in [9.17, 15) is 9.59 Å². The summed E-state index contributed by atoms with van der Waals surface area (Å²) in [7, 11) is 0. The average Bonchev–Trinajstić information content (AvgIpc) is 2.13. The van der Waals surface area contributed by atoms with Gasteiger partial charge in [-0.15, -0.1) is 0 Å². The number of carbonyl (C=O) groups excluding carboxylic acids is 2. The van der Waals surface area contributed by atoms with Crippen molar-refractivity contribution < 1.29 is 14.3 Å². The zero-order valence-corrected chi connectivity index (χ0v) is 9.29. The van der Waals surface area contributed by atoms with Gasteiger partial charge in [-0.2, -0.15) is 0 Å². The molecule has 1 N–H and O–H groups in total. The second-order valence-corrected chi connectivity index (χ2v) is 3.32. The van der Waals surface area contributed by atoms with Gasteiger partial charge in [0.1, 0.15) is 6.04 Å². The van der Waals surface area contributed by atoms with Crippen LogP contribution in [0.4, 0.5) is 0 Å². The predicted octanol–water partition coefficient (Wildman–Crippen LogP) is 1.10. The van der Waals surface area contributed by atoms with Crippen molar-refractivity contribution >= 4 is 11.9 Å². The number of amides is 1. The smallest absolute Gasteiger partial charge is 0.328 e. The molecular formula is C10H19NO3. The van der Waals surface area contributed by atoms with Crippen molar-refractivity contribution in [1.82, 2.24) is 5.32 Å². The second-order valence-electron chi connectivity index (χ2n) is 3.32. The minimum atomic E-state index is -0.516. The van der Waals surface area contributed by atoms with E-state index in [-0.39, 0.29) is 17.8 Å². The third-order valence-electron chi connectivity index (χ3n) is 2.11. The summed E-state index contributed by atoms with van der Waals surface area (Å²) in [5.41, 5.74) is 0. The molecule has 0 aromatic rings. The summed E-state index contributed by atoms with van der Waals surface area (Å²) in [5.74, 6) is -0.460. The van der Waals surface area contributed by atoms with Crippen LogP contribution in [0.2, 0.25) is 0 Å². The summed E-state index contributed by atoms with van der Waals surface area (Å²) in [6.45, 7) is 7.37. The average molecular weight is 201 g/mol. The fourth-order valence-electron chi connectivity index (χ4n) is 1.12. The molecule has 0 spiro atoms. The summed E-state index contributed by atoms with van der Waals surface area (Å²) in [6.07, 6.45) is 0.823. The molecule has 2 atom stereocenters. The lowest BCUT2D eigenvalue weighted by molar-refractivity contribution is -0.148. The van der Waals surface area contributed by atoms with Crippen LogP contribution in [0.3, 0.4) is 0 Å². The highest BCUT2D eigenvalue weighted by molar-refractivity contribution is 5.83. The summed E-state index contributed by atoms with van der Waals surface area (Å²) < 4.78 is 4.87. The van der Waals surface area contributed by atoms with Crippen LogP contribution in [0, 0.1) is 5.92 Å². The minimum absolute atomic E-state index is 0.0953. The number of hydrogen-bond donors (Lipinski definition) is 1. The van der Waals surface area contributed by atoms with Crippen molar-refractivity contribution in [2.75, 3.05) is 6.61 Å². The van der Waals surface area contributed by atoms with Gasteiger partial charge in [0.15, 0.2) is 0 Å². The number of hydrogen-bond acceptors (Lipinski definition) is 3. The summed E-state index contributed by atoms with van der Waals surface area (Å²) in [6, 6.07) is -0.516. The van der Waals surface area contributed by atoms with Crippen LogP contribution in [0.1, 0.15) is 34.1 Å². The number of rotatable bonds is 5. The first-order valence-electron chi connectivity index (χ1n) is 4.96. The topological polar surface area (TPSA) is 55.4 Å². The van der Waals surface area contributed by atoms with Gasteiger partial charge in [0, 0.05) is 6.92 Å². The van der Waals surface area contributed by atoms with Crippen LogP contribution in [-0.4, -0.2) is 24.5 Å². The number of ether oxygens (including phenoxy) is 1. The lowest BCUT2D eigenvalue weighted by Crippen LogP contribution is -2.45. The van der Waals surface area contributed by atoms with Crippen LogP contribution < -0.4 is 5.32 Å². The molecule has 82 valence electrons. The van der Waals surface area contributed by atoms with E-state index >= 15 is 0 Å². The standard InChI is InChI=1S/C10H19NO3/c1-5-7(3)9(11-8(4)12)10(13)14-6-2/h7,9H,5-6H2,1-4H3,(H,11,12)/t7-,9+/m1/s1. The van der Waals surface area contributed by atoms with Gasteiger partial charge in [-0.1, -0.05) is 20.3 Å². The largest absolute Gasteiger partial charge is 0.464 e. The number of carbonyl (C=O) groups is 2. The molecule has 0 heterocycles. The first-order valence-corrected chi connectivity index (χ1v) is 4.96. The third kappa shape index (κ3) is 4.25. The van der Waals surface area contributed by atoms with Crippen LogP contribution >= 0.6 is 0 Å². The molecule has 1 amide bonds. The van der Waals surface area contributed by atoms with E-state index in [1.54, 1.807) is 6.92 Å². The maximum atomic E-state index is 11.4. The molecular weight excluding hydrogens is 182 g/mol. The van der Waals surface area contributed by atoms with Crippen LogP contribution in [0.25, 0.3) is 0 Å². The fourth-order valence-corrected chi connectivity index (χ4v) is 1.12. The van der Waals surface area contributed by atoms with Gasteiger partial charge in [-0.25, -0.2) is 4.79 Å². The maximum absolute atomic E-state index is 11.4. The van der Waals surface area contributed by atoms with Crippen molar-refractivity contribution in [1.29, 1.82) is 0 Å². The zero-order chi connectivity index (χ0) is 11.1. The van der Waals surface area contributed by atoms with Crippen molar-refractivity contribution in [3.63, 3.8) is 0 Å². The molecule has 4 heteroatoms. The lowest BCUT2D eigenvalue weighted by atomic mass is 9.99. The Morgan fingerprint density at radius 1 is 1.36 bits per heavy atom. The van der Waals surface area contributed by atoms with E-state index in [4.69, 9.17) is 4.74 Å². The molecule has 0 aliphatic carbocycles. The maximum Gasteiger partial charge on any atom is 0.328 e. The number of esters is 1. The normalized spacial score (nSPS) is 14.3. The Kier molecular flexibility index (Phi) is 5.92. The van der Waals surface area contributed by atoms with Crippen LogP contribution in [0.15, 0.2) is 0 Å². The van der Waals surface area contributed by atoms with Gasteiger partial charge >= 0.3 is 5.97 Å². The van der Waals surface area contributed by atoms with Crippen molar-refractivity contribution in [2.45, 2.75) is 40.2 Å². The Hall–Kier alpha value is -1.06. The summed E-state index contributed by atoms with van der Waals surface area (Å²) in [4.78, 5) is 22.3. The molecule has 0 radical (unpaired) electrons. The molecule has 4 nitrogen and oxygen atoms in total. The van der Waals surface area contributed by atoms with Gasteiger partial charge in [-0.3, -0.25) is 4.79 Å². The van der Waals surface area contributed by atoms with Gasteiger partial charge in [-0.05, 0) is 12.8 Å². The zero-order valence-electron chi connectivity index (χ0n) is 9.29. The summed E-state index contributed by atoms with van der Waals surface area (Å²) in [5, 5.41) is 2.60. The van der Waals surface area contributed by atoms with Crippen molar-refractivity contribution in [3.05, 3.63) is 0 Å². The van der Waals surface area contributed by atoms with E-state index in [1.807, 2.05) is 13.8 Å². The van der Waals surface area contributed by atoms with E-state index in [2.05, 4.69) is 5.32 Å². The summed E-state index contributed by atoms with van der Waals surface area (Å²) >= 11 is 0. The highest BCUT2D eigenvalue weighted by Gasteiger charge is 2.25. The Bertz CT molecular complexity index is 204. The van der Waals surface area contributed by atoms with Gasteiger partial charge in [0.25, 0.3) is 0 Å². The third-order valence-corrected chi connectivity index (χ3v) is 2.11. The second kappa shape index (κ2) is 6.40. The van der Waals surface area contributed by atoms with Gasteiger partial charge < -0.3 is 10.1 Å². The monoisotopic (exact) mass is 201 g/mol. The molecule has 0 saturated heterocycles. The molecule has 0 bridgehead atoms. The van der Waals surface area contributed by atoms with Crippen molar-refractivity contribution in [2.24, 2.45) is 5.92 Å². The molecule has 0 aromatic carbocycles. The number of nitrogens with one attached hydrogen (secondary N) is 1. The Labute approximate surface area is 85.0 Å². The molecule has 0 aromatic heterocycles.